The first kappa shape index (κ1) is 18.4. The van der Waals surface area contributed by atoms with Gasteiger partial charge in [0.25, 0.3) is 0 Å². The molecule has 0 fully saturated rings. The molecule has 0 aromatic rings. The second kappa shape index (κ2) is 9.32. The van der Waals surface area contributed by atoms with Crippen LogP contribution in [0, 0.1) is 0 Å². The largest absolute Gasteiger partial charge is 0.468 e. The average Bonchev–Trinajstić information content (AvgIpc) is 2.34. The van der Waals surface area contributed by atoms with Crippen molar-refractivity contribution < 1.29 is 9.53 Å². The summed E-state index contributed by atoms with van der Waals surface area (Å²) < 4.78 is 4.95. The van der Waals surface area contributed by atoms with Gasteiger partial charge in [-0.05, 0) is 53.1 Å². The van der Waals surface area contributed by atoms with Crippen LogP contribution in [0.15, 0.2) is 0 Å². The number of nitrogens with zero attached hydrogens (tertiary/aromatic N) is 1. The summed E-state index contributed by atoms with van der Waals surface area (Å²) in [5, 5.41) is 3.35. The summed E-state index contributed by atoms with van der Waals surface area (Å²) in [6.45, 7) is 13.5. The van der Waals surface area contributed by atoms with Gasteiger partial charge in [0.05, 0.1) is 7.11 Å². The lowest BCUT2D eigenvalue weighted by Crippen LogP contribution is -2.54. The van der Waals surface area contributed by atoms with Gasteiger partial charge in [-0.2, -0.15) is 0 Å². The van der Waals surface area contributed by atoms with E-state index in [4.69, 9.17) is 4.74 Å². The van der Waals surface area contributed by atoms with Crippen molar-refractivity contribution in [1.82, 2.24) is 10.2 Å². The van der Waals surface area contributed by atoms with Crippen LogP contribution < -0.4 is 5.32 Å². The maximum atomic E-state index is 12.0. The smallest absolute Gasteiger partial charge is 0.325 e. The molecule has 0 amide bonds. The molecule has 0 aliphatic carbocycles. The summed E-state index contributed by atoms with van der Waals surface area (Å²) in [6.07, 6.45) is 3.07. The molecule has 0 bridgehead atoms. The van der Waals surface area contributed by atoms with E-state index in [0.717, 1.165) is 38.9 Å². The molecule has 0 aromatic heterocycles. The zero-order valence-corrected chi connectivity index (χ0v) is 13.6. The van der Waals surface area contributed by atoms with E-state index < -0.39 is 5.54 Å². The molecule has 1 unspecified atom stereocenters. The lowest BCUT2D eigenvalue weighted by molar-refractivity contribution is -0.148. The monoisotopic (exact) mass is 272 g/mol. The second-order valence-electron chi connectivity index (χ2n) is 5.71. The van der Waals surface area contributed by atoms with Gasteiger partial charge < -0.3 is 9.64 Å². The van der Waals surface area contributed by atoms with Gasteiger partial charge in [0.15, 0.2) is 0 Å². The predicted octanol–water partition coefficient (Wildman–Crippen LogP) is 2.43. The molecule has 4 heteroatoms. The first-order chi connectivity index (χ1) is 8.89. The predicted molar refractivity (Wildman–Crippen MR) is 80.3 cm³/mol. The number of ether oxygens (including phenoxy) is 1. The summed E-state index contributed by atoms with van der Waals surface area (Å²) >= 11 is 0. The van der Waals surface area contributed by atoms with E-state index in [9.17, 15) is 4.79 Å². The summed E-state index contributed by atoms with van der Waals surface area (Å²) in [7, 11) is 1.46. The van der Waals surface area contributed by atoms with Gasteiger partial charge in [0.1, 0.15) is 5.54 Å². The fourth-order valence-electron chi connectivity index (χ4n) is 2.45. The third-order valence-electron chi connectivity index (χ3n) is 3.25. The van der Waals surface area contributed by atoms with E-state index in [1.54, 1.807) is 0 Å². The van der Waals surface area contributed by atoms with Crippen LogP contribution in [-0.4, -0.2) is 49.2 Å². The number of carbonyl (C=O) groups is 1. The Bertz CT molecular complexity index is 251. The van der Waals surface area contributed by atoms with Crippen LogP contribution in [0.5, 0.6) is 0 Å². The maximum Gasteiger partial charge on any atom is 0.325 e. The fraction of sp³-hybridized carbons (Fsp3) is 0.933. The van der Waals surface area contributed by atoms with Gasteiger partial charge in [-0.1, -0.05) is 13.8 Å². The van der Waals surface area contributed by atoms with Crippen molar-refractivity contribution in [3.8, 4) is 0 Å². The van der Waals surface area contributed by atoms with Crippen LogP contribution in [-0.2, 0) is 9.53 Å². The Hall–Kier alpha value is -0.610. The molecule has 4 nitrogen and oxygen atoms in total. The first-order valence-electron chi connectivity index (χ1n) is 7.48. The summed E-state index contributed by atoms with van der Waals surface area (Å²) in [4.78, 5) is 14.4. The van der Waals surface area contributed by atoms with Crippen molar-refractivity contribution in [2.75, 3.05) is 26.7 Å². The average molecular weight is 272 g/mol. The van der Waals surface area contributed by atoms with E-state index in [0.29, 0.717) is 0 Å². The van der Waals surface area contributed by atoms with E-state index in [1.165, 1.54) is 7.11 Å². The van der Waals surface area contributed by atoms with Gasteiger partial charge in [-0.3, -0.25) is 10.1 Å². The fourth-order valence-corrected chi connectivity index (χ4v) is 2.45. The topological polar surface area (TPSA) is 41.6 Å². The minimum absolute atomic E-state index is 0.172. The molecule has 0 aromatic carbocycles. The first-order valence-corrected chi connectivity index (χ1v) is 7.48. The lowest BCUT2D eigenvalue weighted by atomic mass is 9.96. The molecule has 0 radical (unpaired) electrons. The van der Waals surface area contributed by atoms with Crippen molar-refractivity contribution >= 4 is 5.97 Å². The van der Waals surface area contributed by atoms with Crippen molar-refractivity contribution in [2.24, 2.45) is 0 Å². The number of hydrogen-bond donors (Lipinski definition) is 1. The minimum Gasteiger partial charge on any atom is -0.468 e. The zero-order chi connectivity index (χ0) is 14.9. The molecule has 0 spiro atoms. The molecule has 114 valence electrons. The molecule has 0 saturated carbocycles. The number of nitrogens with one attached hydrogen (secondary N) is 1. The minimum atomic E-state index is -0.595. The third kappa shape index (κ3) is 6.92. The van der Waals surface area contributed by atoms with E-state index in [-0.39, 0.29) is 12.0 Å². The highest BCUT2D eigenvalue weighted by Crippen LogP contribution is 2.14. The number of esters is 1. The highest BCUT2D eigenvalue weighted by molar-refractivity contribution is 5.80. The Kier molecular flexibility index (Phi) is 9.02. The summed E-state index contributed by atoms with van der Waals surface area (Å²) in [5.41, 5.74) is -0.595. The van der Waals surface area contributed by atoms with Gasteiger partial charge in [0.2, 0.25) is 0 Å². The van der Waals surface area contributed by atoms with Crippen LogP contribution in [0.3, 0.4) is 0 Å². The van der Waals surface area contributed by atoms with E-state index in [1.807, 2.05) is 6.92 Å². The second-order valence-corrected chi connectivity index (χ2v) is 5.71. The third-order valence-corrected chi connectivity index (χ3v) is 3.25. The molecule has 0 saturated heterocycles. The Morgan fingerprint density at radius 1 is 1.21 bits per heavy atom. The molecular formula is C15H32N2O2. The molecule has 1 atom stereocenters. The molecule has 0 heterocycles. The number of carbonyl (C=O) groups excluding carboxylic acids is 1. The highest BCUT2D eigenvalue weighted by Gasteiger charge is 2.34. The standard InChI is InChI=1S/C15H32N2O2/c1-7-10-17(11-8-2)12-9-15(5,14(18)19-6)16-13(3)4/h13,16H,7-12H2,1-6H3. The van der Waals surface area contributed by atoms with Gasteiger partial charge in [-0.15, -0.1) is 0 Å². The van der Waals surface area contributed by atoms with Gasteiger partial charge >= 0.3 is 5.97 Å². The Balaban J connectivity index is 4.58. The molecule has 0 aliphatic rings. The molecular weight excluding hydrogens is 240 g/mol. The molecule has 0 rings (SSSR count). The Morgan fingerprint density at radius 2 is 1.74 bits per heavy atom. The Morgan fingerprint density at radius 3 is 2.11 bits per heavy atom. The van der Waals surface area contributed by atoms with Crippen LogP contribution in [0.25, 0.3) is 0 Å². The molecule has 1 N–H and O–H groups in total. The van der Waals surface area contributed by atoms with Crippen LogP contribution in [0.2, 0.25) is 0 Å². The maximum absolute atomic E-state index is 12.0. The number of rotatable bonds is 10. The summed E-state index contributed by atoms with van der Waals surface area (Å²) in [5.74, 6) is -0.172. The van der Waals surface area contributed by atoms with Crippen LogP contribution >= 0.6 is 0 Å². The van der Waals surface area contributed by atoms with E-state index >= 15 is 0 Å². The summed E-state index contributed by atoms with van der Waals surface area (Å²) in [6, 6.07) is 0.259. The molecule has 0 aliphatic heterocycles. The highest BCUT2D eigenvalue weighted by atomic mass is 16.5. The van der Waals surface area contributed by atoms with Crippen molar-refractivity contribution in [3.63, 3.8) is 0 Å². The van der Waals surface area contributed by atoms with Crippen LogP contribution in [0.1, 0.15) is 53.9 Å². The van der Waals surface area contributed by atoms with Gasteiger partial charge in [-0.25, -0.2) is 0 Å². The number of methoxy groups -OCH3 is 1. The normalized spacial score (nSPS) is 14.7. The van der Waals surface area contributed by atoms with Crippen molar-refractivity contribution in [1.29, 1.82) is 0 Å². The van der Waals surface area contributed by atoms with Crippen LogP contribution in [0.4, 0.5) is 0 Å². The Labute approximate surface area is 118 Å². The quantitative estimate of drug-likeness (QED) is 0.620. The van der Waals surface area contributed by atoms with Gasteiger partial charge in [0, 0.05) is 12.6 Å². The zero-order valence-electron chi connectivity index (χ0n) is 13.6. The van der Waals surface area contributed by atoms with E-state index in [2.05, 4.69) is 37.9 Å². The lowest BCUT2D eigenvalue weighted by Gasteiger charge is -2.32. The van der Waals surface area contributed by atoms with Crippen molar-refractivity contribution in [2.45, 2.75) is 65.5 Å². The molecule has 19 heavy (non-hydrogen) atoms. The van der Waals surface area contributed by atoms with Crippen molar-refractivity contribution in [3.05, 3.63) is 0 Å². The SMILES string of the molecule is CCCN(CCC)CCC(C)(NC(C)C)C(=O)OC. The number of hydrogen-bond acceptors (Lipinski definition) is 4.